The van der Waals surface area contributed by atoms with Crippen molar-refractivity contribution in [1.82, 2.24) is 0 Å². The van der Waals surface area contributed by atoms with Crippen molar-refractivity contribution in [3.63, 3.8) is 0 Å². The largest absolute Gasteiger partial charge is 0.478 e. The van der Waals surface area contributed by atoms with Crippen molar-refractivity contribution in [1.29, 1.82) is 0 Å². The Balaban J connectivity index is 3.28. The molecule has 124 valence electrons. The van der Waals surface area contributed by atoms with Crippen molar-refractivity contribution in [2.24, 2.45) is 0 Å². The van der Waals surface area contributed by atoms with E-state index in [0.29, 0.717) is 23.1 Å². The second-order valence-corrected chi connectivity index (χ2v) is 5.61. The van der Waals surface area contributed by atoms with Crippen LogP contribution in [0.25, 0.3) is 6.08 Å². The Kier molecular flexibility index (Phi) is 7.30. The van der Waals surface area contributed by atoms with Crippen molar-refractivity contribution in [2.45, 2.75) is 52.4 Å². The van der Waals surface area contributed by atoms with Gasteiger partial charge in [-0.1, -0.05) is 39.2 Å². The molecule has 0 aliphatic carbocycles. The average Bonchev–Trinajstić information content (AvgIpc) is 2.48. The van der Waals surface area contributed by atoms with Crippen molar-refractivity contribution in [3.8, 4) is 0 Å². The molecule has 4 heteroatoms. The molecule has 0 unspecified atom stereocenters. The third-order valence-electron chi connectivity index (χ3n) is 3.96. The molecule has 0 saturated heterocycles. The molecule has 1 aromatic carbocycles. The minimum Gasteiger partial charge on any atom is -0.478 e. The summed E-state index contributed by atoms with van der Waals surface area (Å²) in [6.07, 6.45) is 7.52. The van der Waals surface area contributed by atoms with Gasteiger partial charge in [-0.05, 0) is 48.6 Å². The van der Waals surface area contributed by atoms with Gasteiger partial charge in [0, 0.05) is 0 Å². The maximum atomic E-state index is 11.7. The summed E-state index contributed by atoms with van der Waals surface area (Å²) in [6, 6.07) is 1.52. The lowest BCUT2D eigenvalue weighted by atomic mass is 9.89. The SMILES string of the molecule is C=C=Cc1cc(C(=O)O)c(C)c(C(=O)O)c1CCCCCCC. The van der Waals surface area contributed by atoms with Crippen molar-refractivity contribution < 1.29 is 19.8 Å². The third kappa shape index (κ3) is 4.83. The number of unbranched alkanes of at least 4 members (excludes halogenated alkanes) is 4. The van der Waals surface area contributed by atoms with Crippen LogP contribution >= 0.6 is 0 Å². The number of benzene rings is 1. The van der Waals surface area contributed by atoms with Crippen LogP contribution in [0.4, 0.5) is 0 Å². The highest BCUT2D eigenvalue weighted by Crippen LogP contribution is 2.26. The van der Waals surface area contributed by atoms with E-state index in [-0.39, 0.29) is 11.1 Å². The summed E-state index contributed by atoms with van der Waals surface area (Å²) in [5, 5.41) is 18.8. The lowest BCUT2D eigenvalue weighted by Gasteiger charge is -2.15. The highest BCUT2D eigenvalue weighted by molar-refractivity contribution is 5.99. The molecule has 0 atom stereocenters. The topological polar surface area (TPSA) is 74.6 Å². The van der Waals surface area contributed by atoms with Crippen LogP contribution in [0.15, 0.2) is 18.4 Å². The van der Waals surface area contributed by atoms with Crippen LogP contribution in [0.3, 0.4) is 0 Å². The summed E-state index contributed by atoms with van der Waals surface area (Å²) < 4.78 is 0. The van der Waals surface area contributed by atoms with Gasteiger partial charge in [-0.15, -0.1) is 5.73 Å². The molecule has 0 aliphatic heterocycles. The molecule has 0 bridgehead atoms. The van der Waals surface area contributed by atoms with Crippen LogP contribution in [0, 0.1) is 6.92 Å². The summed E-state index contributed by atoms with van der Waals surface area (Å²) in [6.45, 7) is 7.21. The van der Waals surface area contributed by atoms with Crippen LogP contribution in [0.5, 0.6) is 0 Å². The number of carbonyl (C=O) groups is 2. The molecular formula is C19H24O4. The van der Waals surface area contributed by atoms with Crippen LogP contribution in [0.1, 0.15) is 76.4 Å². The van der Waals surface area contributed by atoms with Gasteiger partial charge in [-0.25, -0.2) is 9.59 Å². The van der Waals surface area contributed by atoms with E-state index >= 15 is 0 Å². The second kappa shape index (κ2) is 8.96. The molecule has 23 heavy (non-hydrogen) atoms. The number of carboxylic acids is 2. The van der Waals surface area contributed by atoms with E-state index < -0.39 is 11.9 Å². The maximum absolute atomic E-state index is 11.7. The molecule has 2 N–H and O–H groups in total. The fourth-order valence-electron chi connectivity index (χ4n) is 2.78. The van der Waals surface area contributed by atoms with Crippen LogP contribution in [0.2, 0.25) is 0 Å². The highest BCUT2D eigenvalue weighted by atomic mass is 16.4. The number of carboxylic acid groups (broad SMARTS) is 2. The molecule has 4 nitrogen and oxygen atoms in total. The maximum Gasteiger partial charge on any atom is 0.336 e. The molecule has 1 rings (SSSR count). The predicted octanol–water partition coefficient (Wildman–Crippen LogP) is 4.70. The molecular weight excluding hydrogens is 292 g/mol. The van der Waals surface area contributed by atoms with Gasteiger partial charge in [0.05, 0.1) is 11.1 Å². The zero-order valence-corrected chi connectivity index (χ0v) is 13.8. The van der Waals surface area contributed by atoms with Gasteiger partial charge in [0.2, 0.25) is 0 Å². The quantitative estimate of drug-likeness (QED) is 0.511. The first-order valence-corrected chi connectivity index (χ1v) is 7.92. The van der Waals surface area contributed by atoms with Gasteiger partial charge in [0.25, 0.3) is 0 Å². The molecule has 0 fully saturated rings. The Hall–Kier alpha value is -2.32. The highest BCUT2D eigenvalue weighted by Gasteiger charge is 2.22. The minimum atomic E-state index is -1.13. The van der Waals surface area contributed by atoms with Gasteiger partial charge >= 0.3 is 11.9 Å². The smallest absolute Gasteiger partial charge is 0.336 e. The van der Waals surface area contributed by atoms with Crippen molar-refractivity contribution in [3.05, 3.63) is 46.2 Å². The molecule has 0 spiro atoms. The van der Waals surface area contributed by atoms with Crippen molar-refractivity contribution in [2.75, 3.05) is 0 Å². The number of aromatic carboxylic acids is 2. The fourth-order valence-corrected chi connectivity index (χ4v) is 2.78. The number of rotatable bonds is 9. The third-order valence-corrected chi connectivity index (χ3v) is 3.96. The normalized spacial score (nSPS) is 10.2. The van der Waals surface area contributed by atoms with E-state index in [9.17, 15) is 19.8 Å². The second-order valence-electron chi connectivity index (χ2n) is 5.61. The monoisotopic (exact) mass is 316 g/mol. The molecule has 0 amide bonds. The average molecular weight is 316 g/mol. The lowest BCUT2D eigenvalue weighted by molar-refractivity contribution is 0.0694. The Morgan fingerprint density at radius 1 is 1.17 bits per heavy atom. The van der Waals surface area contributed by atoms with E-state index in [2.05, 4.69) is 19.2 Å². The van der Waals surface area contributed by atoms with Gasteiger partial charge in [0.15, 0.2) is 0 Å². The molecule has 1 aromatic rings. The Morgan fingerprint density at radius 2 is 1.83 bits per heavy atom. The summed E-state index contributed by atoms with van der Waals surface area (Å²) in [4.78, 5) is 23.0. The Labute approximate surface area is 137 Å². The summed E-state index contributed by atoms with van der Waals surface area (Å²) >= 11 is 0. The summed E-state index contributed by atoms with van der Waals surface area (Å²) in [7, 11) is 0. The zero-order valence-electron chi connectivity index (χ0n) is 13.8. The first-order valence-electron chi connectivity index (χ1n) is 7.92. The molecule has 0 radical (unpaired) electrons. The molecule has 0 heterocycles. The first kappa shape index (κ1) is 18.7. The zero-order chi connectivity index (χ0) is 17.4. The Bertz CT molecular complexity index is 637. The van der Waals surface area contributed by atoms with Gasteiger partial charge in [-0.2, -0.15) is 0 Å². The Morgan fingerprint density at radius 3 is 2.35 bits per heavy atom. The summed E-state index contributed by atoms with van der Waals surface area (Å²) in [5.41, 5.74) is 4.29. The molecule has 0 saturated carbocycles. The van der Waals surface area contributed by atoms with Crippen LogP contribution in [-0.2, 0) is 6.42 Å². The summed E-state index contributed by atoms with van der Waals surface area (Å²) in [5.74, 6) is -2.22. The van der Waals surface area contributed by atoms with Crippen molar-refractivity contribution >= 4 is 18.0 Å². The van der Waals surface area contributed by atoms with Crippen LogP contribution in [-0.4, -0.2) is 22.2 Å². The van der Waals surface area contributed by atoms with Gasteiger partial charge in [-0.3, -0.25) is 0 Å². The standard InChI is InChI=1S/C19H24O4/c1-4-6-7-8-9-11-15-14(10-5-2)12-16(18(20)21)13(3)17(15)19(22)23/h10,12H,2,4,6-9,11H2,1,3H3,(H,20,21)(H,22,23). The molecule has 0 aromatic heterocycles. The van der Waals surface area contributed by atoms with Crippen LogP contribution < -0.4 is 0 Å². The van der Waals surface area contributed by atoms with E-state index in [1.54, 1.807) is 13.0 Å². The van der Waals surface area contributed by atoms with Gasteiger partial charge in [0.1, 0.15) is 0 Å². The fraction of sp³-hybridized carbons (Fsp3) is 0.421. The lowest BCUT2D eigenvalue weighted by Crippen LogP contribution is -2.13. The first-order chi connectivity index (χ1) is 10.9. The van der Waals surface area contributed by atoms with E-state index in [4.69, 9.17) is 0 Å². The predicted molar refractivity (Wildman–Crippen MR) is 91.2 cm³/mol. The van der Waals surface area contributed by atoms with E-state index in [1.807, 2.05) is 0 Å². The minimum absolute atomic E-state index is 0.0126. The molecule has 0 aliphatic rings. The number of hydrogen-bond acceptors (Lipinski definition) is 2. The number of hydrogen-bond donors (Lipinski definition) is 2. The van der Waals surface area contributed by atoms with E-state index in [1.165, 1.54) is 12.5 Å². The van der Waals surface area contributed by atoms with E-state index in [0.717, 1.165) is 25.7 Å². The van der Waals surface area contributed by atoms with Gasteiger partial charge < -0.3 is 10.2 Å².